The highest BCUT2D eigenvalue weighted by molar-refractivity contribution is 7.98. The van der Waals surface area contributed by atoms with Gasteiger partial charge in [0.05, 0.1) is 84.5 Å². The molecule has 1 aromatic carbocycles. The Balaban J connectivity index is 1.34. The van der Waals surface area contributed by atoms with E-state index in [-0.39, 0.29) is 5.92 Å². The Morgan fingerprint density at radius 2 is 1.16 bits per heavy atom. The topological polar surface area (TPSA) is 119 Å². The van der Waals surface area contributed by atoms with Crippen LogP contribution in [0, 0.1) is 0 Å². The summed E-state index contributed by atoms with van der Waals surface area (Å²) in [5, 5.41) is -0.716. The highest BCUT2D eigenvalue weighted by Crippen LogP contribution is 2.38. The zero-order chi connectivity index (χ0) is 27.3. The summed E-state index contributed by atoms with van der Waals surface area (Å²) in [5.74, 6) is 1.52. The van der Waals surface area contributed by atoms with Crippen LogP contribution in [0.2, 0.25) is 0 Å². The van der Waals surface area contributed by atoms with Crippen LogP contribution >= 0.6 is 11.8 Å². The monoisotopic (exact) mass is 580 g/mol. The van der Waals surface area contributed by atoms with E-state index in [0.717, 1.165) is 30.8 Å². The number of thioether (sulfide) groups is 1. The minimum Gasteiger partial charge on any atom is -0.491 e. The Bertz CT molecular complexity index is 807. The summed E-state index contributed by atoms with van der Waals surface area (Å²) in [6.07, 6.45) is 4.10. The molecule has 1 aliphatic carbocycles. The molecule has 0 spiro atoms. The van der Waals surface area contributed by atoms with Crippen molar-refractivity contribution in [1.29, 1.82) is 0 Å². The lowest BCUT2D eigenvalue weighted by molar-refractivity contribution is -0.0172. The molecular weight excluding hydrogens is 536 g/mol. The van der Waals surface area contributed by atoms with Gasteiger partial charge >= 0.3 is 0 Å². The predicted octanol–water partition coefficient (Wildman–Crippen LogP) is 3.05. The van der Waals surface area contributed by atoms with E-state index in [9.17, 15) is 13.0 Å². The van der Waals surface area contributed by atoms with E-state index < -0.39 is 15.4 Å². The molecule has 1 saturated carbocycles. The van der Waals surface area contributed by atoms with Gasteiger partial charge in [-0.3, -0.25) is 4.55 Å². The summed E-state index contributed by atoms with van der Waals surface area (Å²) in [6.45, 7) is 6.83. The molecule has 0 aliphatic heterocycles. The first kappa shape index (κ1) is 33.2. The van der Waals surface area contributed by atoms with E-state index in [1.165, 1.54) is 0 Å². The van der Waals surface area contributed by atoms with Crippen molar-refractivity contribution in [2.24, 2.45) is 0 Å². The summed E-state index contributed by atoms with van der Waals surface area (Å²) < 4.78 is 71.0. The predicted molar refractivity (Wildman–Crippen MR) is 147 cm³/mol. The van der Waals surface area contributed by atoms with Crippen LogP contribution in [-0.4, -0.2) is 116 Å². The summed E-state index contributed by atoms with van der Waals surface area (Å²) in [5.41, 5.74) is 0.908. The van der Waals surface area contributed by atoms with E-state index >= 15 is 0 Å². The van der Waals surface area contributed by atoms with Crippen LogP contribution in [0.4, 0.5) is 0 Å². The van der Waals surface area contributed by atoms with Gasteiger partial charge in [-0.1, -0.05) is 18.6 Å². The van der Waals surface area contributed by atoms with E-state index in [1.54, 1.807) is 11.8 Å². The molecule has 2 rings (SSSR count). The van der Waals surface area contributed by atoms with Crippen molar-refractivity contribution in [3.05, 3.63) is 29.8 Å². The normalized spacial score (nSPS) is 17.7. The smallest absolute Gasteiger partial charge is 0.268 e. The molecule has 38 heavy (non-hydrogen) atoms. The first-order valence-electron chi connectivity index (χ1n) is 13.2. The van der Waals surface area contributed by atoms with Crippen molar-refractivity contribution in [2.75, 3.05) is 97.9 Å². The molecule has 10 nitrogen and oxygen atoms in total. The van der Waals surface area contributed by atoms with Crippen LogP contribution < -0.4 is 4.74 Å². The number of hydrogen-bond donors (Lipinski definition) is 1. The fraction of sp³-hybridized carbons (Fsp3) is 0.769. The molecule has 1 N–H and O–H groups in total. The van der Waals surface area contributed by atoms with Gasteiger partial charge in [-0.25, -0.2) is 0 Å². The van der Waals surface area contributed by atoms with Gasteiger partial charge in [0.1, 0.15) is 12.4 Å². The maximum atomic E-state index is 11.6. The van der Waals surface area contributed by atoms with Gasteiger partial charge in [0.15, 0.2) is 0 Å². The fourth-order valence-electron chi connectivity index (χ4n) is 4.04. The fourth-order valence-corrected chi connectivity index (χ4v) is 5.49. The Labute approximate surface area is 231 Å². The van der Waals surface area contributed by atoms with Gasteiger partial charge in [0.25, 0.3) is 10.1 Å². The van der Waals surface area contributed by atoms with Crippen LogP contribution in [-0.2, 0) is 38.5 Å². The van der Waals surface area contributed by atoms with Crippen molar-refractivity contribution < 1.29 is 46.1 Å². The summed E-state index contributed by atoms with van der Waals surface area (Å²) >= 11 is 1.76. The highest BCUT2D eigenvalue weighted by Gasteiger charge is 2.37. The average molecular weight is 581 g/mol. The highest BCUT2D eigenvalue weighted by atomic mass is 32.2. The van der Waals surface area contributed by atoms with Gasteiger partial charge < -0.3 is 33.2 Å². The van der Waals surface area contributed by atoms with Gasteiger partial charge in [0, 0.05) is 11.7 Å². The molecule has 0 heterocycles. The van der Waals surface area contributed by atoms with Crippen molar-refractivity contribution in [1.82, 2.24) is 0 Å². The molecule has 0 saturated heterocycles. The van der Waals surface area contributed by atoms with Gasteiger partial charge in [-0.15, -0.1) is 0 Å². The molecule has 0 amide bonds. The summed E-state index contributed by atoms with van der Waals surface area (Å²) in [6, 6.07) is 7.38. The van der Waals surface area contributed by atoms with Crippen LogP contribution in [0.5, 0.6) is 5.75 Å². The van der Waals surface area contributed by atoms with Gasteiger partial charge in [-0.05, 0) is 36.8 Å². The van der Waals surface area contributed by atoms with E-state index in [4.69, 9.17) is 33.2 Å². The summed E-state index contributed by atoms with van der Waals surface area (Å²) in [4.78, 5) is 0. The Morgan fingerprint density at radius 1 is 0.711 bits per heavy atom. The molecule has 0 aromatic heterocycles. The lowest BCUT2D eigenvalue weighted by Crippen LogP contribution is -2.23. The second-order valence-corrected chi connectivity index (χ2v) is 11.3. The lowest BCUT2D eigenvalue weighted by Gasteiger charge is -2.17. The number of ether oxygens (including phenoxy) is 7. The Morgan fingerprint density at radius 3 is 1.61 bits per heavy atom. The minimum absolute atomic E-state index is 0.170. The Kier molecular flexibility index (Phi) is 18.3. The van der Waals surface area contributed by atoms with E-state index in [0.29, 0.717) is 91.5 Å². The van der Waals surface area contributed by atoms with Crippen LogP contribution in [0.3, 0.4) is 0 Å². The van der Waals surface area contributed by atoms with Crippen molar-refractivity contribution in [3.8, 4) is 5.75 Å². The van der Waals surface area contributed by atoms with E-state index in [2.05, 4.69) is 6.26 Å². The number of benzene rings is 1. The van der Waals surface area contributed by atoms with Crippen LogP contribution in [0.1, 0.15) is 30.7 Å². The molecule has 1 aromatic rings. The SMILES string of the molecule is CSCCOCCOCCOCCOCCOCCOCCOc1ccc(C2CCCC2S(=O)(=O)O)cc1. The van der Waals surface area contributed by atoms with Crippen molar-refractivity contribution >= 4 is 21.9 Å². The second kappa shape index (κ2) is 20.9. The first-order valence-corrected chi connectivity index (χ1v) is 16.1. The van der Waals surface area contributed by atoms with Gasteiger partial charge in [-0.2, -0.15) is 20.2 Å². The van der Waals surface area contributed by atoms with Crippen LogP contribution in [0.15, 0.2) is 24.3 Å². The molecule has 2 unspecified atom stereocenters. The number of hydrogen-bond acceptors (Lipinski definition) is 10. The molecule has 0 bridgehead atoms. The third-order valence-electron chi connectivity index (χ3n) is 5.93. The molecular formula is C26H44O10S2. The second-order valence-electron chi connectivity index (χ2n) is 8.68. The maximum Gasteiger partial charge on any atom is 0.268 e. The maximum absolute atomic E-state index is 11.6. The molecule has 1 aliphatic rings. The molecule has 0 radical (unpaired) electrons. The zero-order valence-corrected chi connectivity index (χ0v) is 24.1. The molecule has 2 atom stereocenters. The third-order valence-corrected chi connectivity index (χ3v) is 7.84. The molecule has 220 valence electrons. The quantitative estimate of drug-likeness (QED) is 0.144. The van der Waals surface area contributed by atoms with Crippen molar-refractivity contribution in [3.63, 3.8) is 0 Å². The average Bonchev–Trinajstić information content (AvgIpc) is 3.41. The zero-order valence-electron chi connectivity index (χ0n) is 22.4. The van der Waals surface area contributed by atoms with Gasteiger partial charge in [0.2, 0.25) is 0 Å². The summed E-state index contributed by atoms with van der Waals surface area (Å²) in [7, 11) is -4.03. The lowest BCUT2D eigenvalue weighted by atomic mass is 9.97. The molecule has 1 fully saturated rings. The molecule has 12 heteroatoms. The Hall–Kier alpha value is -0.960. The van der Waals surface area contributed by atoms with Crippen molar-refractivity contribution in [2.45, 2.75) is 30.4 Å². The minimum atomic E-state index is -4.03. The largest absolute Gasteiger partial charge is 0.491 e. The number of rotatable bonds is 24. The third kappa shape index (κ3) is 15.0. The van der Waals surface area contributed by atoms with E-state index in [1.807, 2.05) is 24.3 Å². The standard InChI is InChI=1S/C26H44O10S2/c1-37-22-21-35-18-17-33-14-13-31-10-9-30-11-12-32-15-16-34-19-20-36-24-7-5-23(6-8-24)25-3-2-4-26(25)38(27,28)29/h5-8,25-26H,2-4,9-22H2,1H3,(H,27,28,29). The van der Waals surface area contributed by atoms with Crippen LogP contribution in [0.25, 0.3) is 0 Å². The first-order chi connectivity index (χ1) is 18.5.